The van der Waals surface area contributed by atoms with Crippen LogP contribution in [0.3, 0.4) is 0 Å². The summed E-state index contributed by atoms with van der Waals surface area (Å²) in [6.45, 7) is 29.9. The Morgan fingerprint density at radius 3 is 0.690 bits per heavy atom. The molecule has 0 saturated carbocycles. The monoisotopic (exact) mass is 1990 g/mol. The molecule has 145 heavy (non-hydrogen) atoms. The van der Waals surface area contributed by atoms with Gasteiger partial charge in [0.25, 0.3) is 0 Å². The number of aromatic nitrogens is 12. The first-order chi connectivity index (χ1) is 69.6. The number of rotatable bonds is 24. The molecule has 0 spiro atoms. The molecule has 0 unspecified atom stereocenters. The highest BCUT2D eigenvalue weighted by Gasteiger charge is 2.24. The number of hydrogen-bond donors (Lipinski definition) is 0. The van der Waals surface area contributed by atoms with Crippen LogP contribution in [0, 0.1) is 117 Å². The second-order valence-electron chi connectivity index (χ2n) is 33.6. The van der Waals surface area contributed by atoms with Gasteiger partial charge in [-0.1, -0.05) is 186 Å². The number of benzene rings is 6. The molecule has 6 aromatic carbocycles. The molecule has 0 aliphatic carbocycles. The summed E-state index contributed by atoms with van der Waals surface area (Å²) in [5, 5.41) is 25.0. The van der Waals surface area contributed by atoms with E-state index in [1.807, 2.05) is 178 Å². The van der Waals surface area contributed by atoms with Gasteiger partial charge in [0.2, 0.25) is 0 Å². The van der Waals surface area contributed by atoms with E-state index in [2.05, 4.69) is 60.8 Å². The SMILES string of the molecule is Cc1ccc(-c2cc(COC(=O)c3ccc(C)nc3C)on2)c(Cl)c1.Cc1ccc(-c2cc(COC(=O)c3ccc(C)nc3C)on2)cc1.Cc1ccc(-c2cc(COC(=O)c3ccc(C)nc3C)on2)cc1.Cc1ccc(-c2cc(COC(=O)c3ccc(C)nc3C)on2)cc1.Cc1ccc(C(=O)OCc2cc(-c3ccccc3Cl)no2)c(C)n1.Cc1ccc(C(=O)OCc2cc(-c3ccccc3F)no2)c(C)n1. The molecule has 0 bridgehead atoms. The Kier molecular flexibility index (Phi) is 36.1. The first-order valence-electron chi connectivity index (χ1n) is 45.5. The van der Waals surface area contributed by atoms with E-state index in [-0.39, 0.29) is 39.6 Å². The van der Waals surface area contributed by atoms with Crippen LogP contribution in [-0.2, 0) is 68.1 Å². The third-order valence-corrected chi connectivity index (χ3v) is 22.5. The average molecular weight is 1990 g/mol. The number of nitrogens with zero attached hydrogens (tertiary/aromatic N) is 12. The van der Waals surface area contributed by atoms with E-state index in [9.17, 15) is 33.2 Å². The van der Waals surface area contributed by atoms with Gasteiger partial charge in [0.1, 0.15) is 40.0 Å². The van der Waals surface area contributed by atoms with Crippen molar-refractivity contribution in [2.24, 2.45) is 0 Å². The van der Waals surface area contributed by atoms with Crippen LogP contribution in [0.4, 0.5) is 4.39 Å². The molecule has 0 fully saturated rings. The molecule has 0 aliphatic heterocycles. The number of carbonyl (C=O) groups is 6. The van der Waals surface area contributed by atoms with Crippen molar-refractivity contribution >= 4 is 59.0 Å². The maximum Gasteiger partial charge on any atom is 0.340 e. The van der Waals surface area contributed by atoms with Crippen molar-refractivity contribution in [2.75, 3.05) is 0 Å². The van der Waals surface area contributed by atoms with Crippen LogP contribution in [0.15, 0.2) is 276 Å². The molecule has 12 heterocycles. The minimum atomic E-state index is -0.496. The fraction of sp³-hybridized carbons (Fsp3) is 0.196. The molecular weight excluding hydrogens is 1890 g/mol. The first-order valence-corrected chi connectivity index (χ1v) is 46.3. The predicted octanol–water partition coefficient (Wildman–Crippen LogP) is 24.9. The Labute approximate surface area is 844 Å². The lowest BCUT2D eigenvalue weighted by Crippen LogP contribution is -2.08. The van der Waals surface area contributed by atoms with Gasteiger partial charge in [-0.05, 0) is 213 Å². The van der Waals surface area contributed by atoms with Crippen molar-refractivity contribution in [3.8, 4) is 67.5 Å². The van der Waals surface area contributed by atoms with Crippen molar-refractivity contribution < 1.29 is 88.7 Å². The maximum atomic E-state index is 13.7. The van der Waals surface area contributed by atoms with Crippen molar-refractivity contribution in [2.45, 2.75) is 150 Å². The third kappa shape index (κ3) is 29.7. The Morgan fingerprint density at radius 1 is 0.234 bits per heavy atom. The molecule has 30 nitrogen and oxygen atoms in total. The highest BCUT2D eigenvalue weighted by molar-refractivity contribution is 6.33. The smallest absolute Gasteiger partial charge is 0.340 e. The van der Waals surface area contributed by atoms with E-state index >= 15 is 0 Å². The molecule has 18 rings (SSSR count). The molecular formula is C112H101Cl2FN12O18. The lowest BCUT2D eigenvalue weighted by Gasteiger charge is -2.05. The topological polar surface area (TPSA) is 391 Å². The molecule has 33 heteroatoms. The summed E-state index contributed by atoms with van der Waals surface area (Å²) in [5.74, 6) is -0.348. The molecule has 0 N–H and O–H groups in total. The van der Waals surface area contributed by atoms with Crippen LogP contribution in [0.25, 0.3) is 67.5 Å². The Hall–Kier alpha value is -17.2. The number of carbonyl (C=O) groups excluding carboxylic acids is 6. The van der Waals surface area contributed by atoms with Gasteiger partial charge in [-0.3, -0.25) is 29.9 Å². The molecule has 0 saturated heterocycles. The van der Waals surface area contributed by atoms with E-state index in [1.165, 1.54) is 22.8 Å². The zero-order chi connectivity index (χ0) is 103. The third-order valence-electron chi connectivity index (χ3n) is 21.8. The molecule has 0 aliphatic rings. The quantitative estimate of drug-likeness (QED) is 0.0400. The fourth-order valence-electron chi connectivity index (χ4n) is 14.1. The van der Waals surface area contributed by atoms with Crippen LogP contribution in [0.5, 0.6) is 0 Å². The van der Waals surface area contributed by atoms with Gasteiger partial charge < -0.3 is 55.6 Å². The number of pyridine rings is 6. The van der Waals surface area contributed by atoms with E-state index in [0.29, 0.717) is 152 Å². The van der Waals surface area contributed by atoms with Crippen molar-refractivity contribution in [3.63, 3.8) is 0 Å². The van der Waals surface area contributed by atoms with Crippen LogP contribution in [0.1, 0.15) is 187 Å². The van der Waals surface area contributed by atoms with Gasteiger partial charge in [-0.2, -0.15) is 0 Å². The average Bonchev–Trinajstić information content (AvgIpc) is 1.74. The van der Waals surface area contributed by atoms with Crippen LogP contribution >= 0.6 is 23.2 Å². The highest BCUT2D eigenvalue weighted by Crippen LogP contribution is 2.33. The van der Waals surface area contributed by atoms with Gasteiger partial charge in [-0.15, -0.1) is 0 Å². The maximum absolute atomic E-state index is 13.7. The molecule has 12 aromatic heterocycles. The minimum Gasteiger partial charge on any atom is -0.454 e. The summed E-state index contributed by atoms with van der Waals surface area (Å²) in [7, 11) is 0. The van der Waals surface area contributed by atoms with Gasteiger partial charge in [0, 0.05) is 104 Å². The summed E-state index contributed by atoms with van der Waals surface area (Å²) in [4.78, 5) is 98.4. The summed E-state index contributed by atoms with van der Waals surface area (Å²) < 4.78 is 76.6. The van der Waals surface area contributed by atoms with Gasteiger partial charge in [0.15, 0.2) is 74.2 Å². The number of hydrogen-bond acceptors (Lipinski definition) is 30. The van der Waals surface area contributed by atoms with Gasteiger partial charge >= 0.3 is 35.8 Å². The Bertz CT molecular complexity index is 7120. The van der Waals surface area contributed by atoms with Crippen LogP contribution in [0.2, 0.25) is 10.0 Å². The second kappa shape index (κ2) is 49.8. The summed E-state index contributed by atoms with van der Waals surface area (Å²) >= 11 is 12.4. The summed E-state index contributed by atoms with van der Waals surface area (Å²) in [6.07, 6.45) is 0. The Balaban J connectivity index is 0.000000146. The first kappa shape index (κ1) is 105. The highest BCUT2D eigenvalue weighted by atomic mass is 35.5. The van der Waals surface area contributed by atoms with Crippen molar-refractivity contribution in [3.05, 3.63) is 423 Å². The number of esters is 6. The lowest BCUT2D eigenvalue weighted by atomic mass is 10.1. The zero-order valence-electron chi connectivity index (χ0n) is 82.3. The fourth-order valence-corrected chi connectivity index (χ4v) is 14.7. The van der Waals surface area contributed by atoms with Crippen LogP contribution < -0.4 is 0 Å². The summed E-state index contributed by atoms with van der Waals surface area (Å²) in [6, 6.07) is 74.4. The standard InChI is InChI=1S/C19H17ClN2O3.3C19H18N2O3.C18H15ClN2O3.C18H15FN2O3/c1-11-4-6-16(17(20)8-11)18-9-14(25-22-18)10-24-19(23)15-7-5-12(2)21-13(15)3;3*1-12-4-7-15(8-5-12)18-10-16(24-21-18)11-23-19(22)17-9-6-13(2)20-14(17)3;2*1-11-7-8-14(12(2)20-11)18(22)23-10-13-9-17(21-24-13)15-5-3-4-6-16(15)19/h4-9H,10H2,1-3H3;3*4-10H,11H2,1-3H3;2*3-9H,10H2,1-2H3. The van der Waals surface area contributed by atoms with Crippen molar-refractivity contribution in [1.82, 2.24) is 60.8 Å². The Morgan fingerprint density at radius 2 is 0.448 bits per heavy atom. The molecule has 0 amide bonds. The number of halogens is 3. The zero-order valence-corrected chi connectivity index (χ0v) is 83.8. The second-order valence-corrected chi connectivity index (χ2v) is 34.4. The summed E-state index contributed by atoms with van der Waals surface area (Å²) in [5.41, 5.74) is 24.6. The van der Waals surface area contributed by atoms with Crippen molar-refractivity contribution in [1.29, 1.82) is 0 Å². The van der Waals surface area contributed by atoms with Gasteiger partial charge in [-0.25, -0.2) is 33.2 Å². The number of ether oxygens (including phenoxy) is 6. The lowest BCUT2D eigenvalue weighted by molar-refractivity contribution is 0.0428. The van der Waals surface area contributed by atoms with E-state index in [0.717, 1.165) is 67.5 Å². The normalized spacial score (nSPS) is 10.6. The molecule has 0 radical (unpaired) electrons. The molecule has 18 aromatic rings. The van der Waals surface area contributed by atoms with E-state index < -0.39 is 41.6 Å². The molecule has 738 valence electrons. The van der Waals surface area contributed by atoms with Gasteiger partial charge in [0.05, 0.1) is 77.6 Å². The predicted molar refractivity (Wildman–Crippen MR) is 538 cm³/mol. The molecule has 0 atom stereocenters. The van der Waals surface area contributed by atoms with E-state index in [1.54, 1.807) is 175 Å². The number of aryl methyl sites for hydroxylation is 16. The minimum absolute atomic E-state index is 0.0103. The van der Waals surface area contributed by atoms with E-state index in [4.69, 9.17) is 78.8 Å². The van der Waals surface area contributed by atoms with Crippen LogP contribution in [-0.4, -0.2) is 96.7 Å². The largest absolute Gasteiger partial charge is 0.454 e.